The SMILES string of the molecule is CN1CC(NC(=O)c2ccnc(N(C)C)c2)CCC1=O. The van der Waals surface area contributed by atoms with Gasteiger partial charge in [-0.15, -0.1) is 0 Å². The van der Waals surface area contributed by atoms with Gasteiger partial charge in [0.05, 0.1) is 0 Å². The number of rotatable bonds is 3. The van der Waals surface area contributed by atoms with Crippen LogP contribution in [0.5, 0.6) is 0 Å². The van der Waals surface area contributed by atoms with E-state index in [0.29, 0.717) is 24.9 Å². The third-order valence-corrected chi connectivity index (χ3v) is 3.43. The van der Waals surface area contributed by atoms with Crippen molar-refractivity contribution in [1.29, 1.82) is 0 Å². The lowest BCUT2D eigenvalue weighted by Gasteiger charge is -2.30. The lowest BCUT2D eigenvalue weighted by atomic mass is 10.1. The van der Waals surface area contributed by atoms with Gasteiger partial charge in [-0.2, -0.15) is 0 Å². The van der Waals surface area contributed by atoms with Crippen LogP contribution in [0.2, 0.25) is 0 Å². The summed E-state index contributed by atoms with van der Waals surface area (Å²) in [5.41, 5.74) is 0.586. The molecule has 1 N–H and O–H groups in total. The van der Waals surface area contributed by atoms with E-state index in [-0.39, 0.29) is 17.9 Å². The Bertz CT molecular complexity index is 516. The molecule has 6 nitrogen and oxygen atoms in total. The number of amides is 2. The van der Waals surface area contributed by atoms with Crippen LogP contribution in [0, 0.1) is 0 Å². The van der Waals surface area contributed by atoms with Gasteiger partial charge in [-0.1, -0.05) is 0 Å². The molecule has 0 bridgehead atoms. The van der Waals surface area contributed by atoms with Crippen molar-refractivity contribution >= 4 is 17.6 Å². The minimum Gasteiger partial charge on any atom is -0.363 e. The summed E-state index contributed by atoms with van der Waals surface area (Å²) in [6.07, 6.45) is 2.81. The summed E-state index contributed by atoms with van der Waals surface area (Å²) < 4.78 is 0. The number of nitrogens with one attached hydrogen (secondary N) is 1. The maximum Gasteiger partial charge on any atom is 0.251 e. The summed E-state index contributed by atoms with van der Waals surface area (Å²) >= 11 is 0. The predicted octanol–water partition coefficient (Wildman–Crippen LogP) is 0.498. The van der Waals surface area contributed by atoms with Crippen LogP contribution >= 0.6 is 0 Å². The van der Waals surface area contributed by atoms with Gasteiger partial charge in [-0.25, -0.2) is 4.98 Å². The molecule has 1 atom stereocenters. The molecule has 2 rings (SSSR count). The quantitative estimate of drug-likeness (QED) is 0.873. The normalized spacial score (nSPS) is 18.9. The van der Waals surface area contributed by atoms with Crippen LogP contribution in [0.4, 0.5) is 5.82 Å². The van der Waals surface area contributed by atoms with E-state index in [9.17, 15) is 9.59 Å². The molecule has 1 aromatic rings. The maximum absolute atomic E-state index is 12.2. The first-order chi connectivity index (χ1) is 9.47. The largest absolute Gasteiger partial charge is 0.363 e. The van der Waals surface area contributed by atoms with Crippen LogP contribution < -0.4 is 10.2 Å². The van der Waals surface area contributed by atoms with E-state index < -0.39 is 0 Å². The Labute approximate surface area is 118 Å². The second-order valence-electron chi connectivity index (χ2n) is 5.28. The van der Waals surface area contributed by atoms with Gasteiger partial charge in [0.25, 0.3) is 5.91 Å². The molecule has 0 aromatic carbocycles. The highest BCUT2D eigenvalue weighted by atomic mass is 16.2. The molecule has 1 aliphatic rings. The van der Waals surface area contributed by atoms with Crippen LogP contribution in [0.25, 0.3) is 0 Å². The van der Waals surface area contributed by atoms with E-state index in [2.05, 4.69) is 10.3 Å². The molecule has 1 unspecified atom stereocenters. The van der Waals surface area contributed by atoms with Gasteiger partial charge in [-0.05, 0) is 18.6 Å². The Morgan fingerprint density at radius 2 is 2.25 bits per heavy atom. The summed E-state index contributed by atoms with van der Waals surface area (Å²) in [6.45, 7) is 0.566. The molecule has 0 saturated carbocycles. The summed E-state index contributed by atoms with van der Waals surface area (Å²) in [7, 11) is 5.52. The second kappa shape index (κ2) is 5.90. The lowest BCUT2D eigenvalue weighted by Crippen LogP contribution is -2.48. The van der Waals surface area contributed by atoms with E-state index in [0.717, 1.165) is 5.82 Å². The number of hydrogen-bond donors (Lipinski definition) is 1. The van der Waals surface area contributed by atoms with Gasteiger partial charge < -0.3 is 15.1 Å². The highest BCUT2D eigenvalue weighted by molar-refractivity contribution is 5.95. The summed E-state index contributed by atoms with van der Waals surface area (Å²) in [4.78, 5) is 31.3. The number of aromatic nitrogens is 1. The number of carbonyl (C=O) groups excluding carboxylic acids is 2. The standard InChI is InChI=1S/C14H20N4O2/c1-17(2)12-8-10(6-7-15-12)14(20)16-11-4-5-13(19)18(3)9-11/h6-8,11H,4-5,9H2,1-3H3,(H,16,20). The van der Waals surface area contributed by atoms with Crippen molar-refractivity contribution in [2.75, 3.05) is 32.6 Å². The summed E-state index contributed by atoms with van der Waals surface area (Å²) in [5.74, 6) is 0.756. The first kappa shape index (κ1) is 14.3. The average Bonchev–Trinajstić information content (AvgIpc) is 2.43. The van der Waals surface area contributed by atoms with Gasteiger partial charge in [0, 0.05) is 51.9 Å². The zero-order valence-corrected chi connectivity index (χ0v) is 12.1. The van der Waals surface area contributed by atoms with Crippen LogP contribution in [-0.4, -0.2) is 55.4 Å². The van der Waals surface area contributed by atoms with Crippen molar-refractivity contribution < 1.29 is 9.59 Å². The van der Waals surface area contributed by atoms with E-state index in [1.807, 2.05) is 19.0 Å². The van der Waals surface area contributed by atoms with Crippen molar-refractivity contribution in [3.8, 4) is 0 Å². The number of likely N-dealkylation sites (tertiary alicyclic amines) is 1. The molecule has 108 valence electrons. The monoisotopic (exact) mass is 276 g/mol. The van der Waals surface area contributed by atoms with Crippen molar-refractivity contribution in [3.05, 3.63) is 23.9 Å². The fourth-order valence-corrected chi connectivity index (χ4v) is 2.20. The van der Waals surface area contributed by atoms with Crippen molar-refractivity contribution in [2.45, 2.75) is 18.9 Å². The van der Waals surface area contributed by atoms with Gasteiger partial charge in [0.15, 0.2) is 0 Å². The molecule has 2 amide bonds. The molecular weight excluding hydrogens is 256 g/mol. The Morgan fingerprint density at radius 3 is 2.90 bits per heavy atom. The van der Waals surface area contributed by atoms with E-state index in [1.165, 1.54) is 0 Å². The van der Waals surface area contributed by atoms with E-state index in [4.69, 9.17) is 0 Å². The van der Waals surface area contributed by atoms with Gasteiger partial charge >= 0.3 is 0 Å². The minimum absolute atomic E-state index is 0.0150. The Balaban J connectivity index is 2.01. The zero-order chi connectivity index (χ0) is 14.7. The minimum atomic E-state index is -0.122. The maximum atomic E-state index is 12.2. The van der Waals surface area contributed by atoms with E-state index in [1.54, 1.807) is 30.3 Å². The number of anilines is 1. The number of nitrogens with zero attached hydrogens (tertiary/aromatic N) is 3. The molecule has 20 heavy (non-hydrogen) atoms. The Kier molecular flexibility index (Phi) is 4.22. The van der Waals surface area contributed by atoms with Crippen molar-refractivity contribution in [2.24, 2.45) is 0 Å². The number of carbonyl (C=O) groups is 2. The van der Waals surface area contributed by atoms with Crippen LogP contribution in [0.3, 0.4) is 0 Å². The molecule has 1 saturated heterocycles. The van der Waals surface area contributed by atoms with Gasteiger partial charge in [0.2, 0.25) is 5.91 Å². The molecule has 2 heterocycles. The molecule has 6 heteroatoms. The first-order valence-electron chi connectivity index (χ1n) is 6.65. The van der Waals surface area contributed by atoms with Crippen LogP contribution in [-0.2, 0) is 4.79 Å². The lowest BCUT2D eigenvalue weighted by molar-refractivity contribution is -0.132. The number of likely N-dealkylation sites (N-methyl/N-ethyl adjacent to an activating group) is 1. The highest BCUT2D eigenvalue weighted by Crippen LogP contribution is 2.12. The smallest absolute Gasteiger partial charge is 0.251 e. The Hall–Kier alpha value is -2.11. The molecule has 1 aliphatic heterocycles. The van der Waals surface area contributed by atoms with Crippen molar-refractivity contribution in [3.63, 3.8) is 0 Å². The predicted molar refractivity (Wildman–Crippen MR) is 76.7 cm³/mol. The molecule has 0 radical (unpaired) electrons. The average molecular weight is 276 g/mol. The molecule has 0 aliphatic carbocycles. The molecule has 1 aromatic heterocycles. The van der Waals surface area contributed by atoms with Crippen LogP contribution in [0.15, 0.2) is 18.3 Å². The number of piperidine rings is 1. The fourth-order valence-electron chi connectivity index (χ4n) is 2.20. The Morgan fingerprint density at radius 1 is 1.50 bits per heavy atom. The van der Waals surface area contributed by atoms with Gasteiger partial charge in [0.1, 0.15) is 5.82 Å². The number of pyridine rings is 1. The first-order valence-corrected chi connectivity index (χ1v) is 6.65. The van der Waals surface area contributed by atoms with E-state index >= 15 is 0 Å². The summed E-state index contributed by atoms with van der Waals surface area (Å²) in [5, 5.41) is 2.97. The molecule has 0 spiro atoms. The molecular formula is C14H20N4O2. The molecule has 1 fully saturated rings. The fraction of sp³-hybridized carbons (Fsp3) is 0.500. The third kappa shape index (κ3) is 3.26. The van der Waals surface area contributed by atoms with Crippen molar-refractivity contribution in [1.82, 2.24) is 15.2 Å². The zero-order valence-electron chi connectivity index (χ0n) is 12.1. The van der Waals surface area contributed by atoms with Crippen LogP contribution in [0.1, 0.15) is 23.2 Å². The summed E-state index contributed by atoms with van der Waals surface area (Å²) in [6, 6.07) is 3.47. The van der Waals surface area contributed by atoms with Gasteiger partial charge in [-0.3, -0.25) is 9.59 Å². The second-order valence-corrected chi connectivity index (χ2v) is 5.28. The number of hydrogen-bond acceptors (Lipinski definition) is 4. The highest BCUT2D eigenvalue weighted by Gasteiger charge is 2.24. The third-order valence-electron chi connectivity index (χ3n) is 3.43. The topological polar surface area (TPSA) is 65.5 Å².